The predicted molar refractivity (Wildman–Crippen MR) is 44.9 cm³/mol. The van der Waals surface area contributed by atoms with E-state index in [1.165, 1.54) is 20.8 Å². The van der Waals surface area contributed by atoms with Crippen molar-refractivity contribution in [3.8, 4) is 0 Å². The molecule has 2 N–H and O–H groups in total. The van der Waals surface area contributed by atoms with Crippen molar-refractivity contribution in [3.05, 3.63) is 0 Å². The van der Waals surface area contributed by atoms with Crippen molar-refractivity contribution in [2.24, 2.45) is 5.41 Å². The summed E-state index contributed by atoms with van der Waals surface area (Å²) in [5.41, 5.74) is -1.05. The van der Waals surface area contributed by atoms with Crippen LogP contribution in [0.3, 0.4) is 0 Å². The Labute approximate surface area is 72.0 Å². The van der Waals surface area contributed by atoms with Crippen LogP contribution in [0, 0.1) is 5.41 Å². The van der Waals surface area contributed by atoms with Crippen LogP contribution in [0.5, 0.6) is 0 Å². The highest BCUT2D eigenvalue weighted by molar-refractivity contribution is 5.89. The summed E-state index contributed by atoms with van der Waals surface area (Å²) in [7, 11) is 1.58. The molecule has 0 saturated carbocycles. The first-order valence-electron chi connectivity index (χ1n) is 3.75. The molecule has 0 aromatic carbocycles. The molecule has 12 heavy (non-hydrogen) atoms. The molecule has 0 spiro atoms. The zero-order chi connectivity index (χ0) is 9.94. The van der Waals surface area contributed by atoms with Gasteiger partial charge in [0.05, 0.1) is 11.5 Å². The number of ketones is 1. The highest BCUT2D eigenvalue weighted by atomic mass is 16.4. The second kappa shape index (κ2) is 3.67. The number of nitrogens with one attached hydrogen (secondary N) is 1. The van der Waals surface area contributed by atoms with Gasteiger partial charge < -0.3 is 10.4 Å². The number of hydrogen-bond donors (Lipinski definition) is 2. The summed E-state index contributed by atoms with van der Waals surface area (Å²) in [4.78, 5) is 21.7. The van der Waals surface area contributed by atoms with Gasteiger partial charge in [-0.1, -0.05) is 0 Å². The molecule has 0 saturated heterocycles. The van der Waals surface area contributed by atoms with Crippen molar-refractivity contribution in [1.29, 1.82) is 0 Å². The monoisotopic (exact) mass is 173 g/mol. The first-order chi connectivity index (χ1) is 5.34. The van der Waals surface area contributed by atoms with Crippen molar-refractivity contribution in [2.75, 3.05) is 7.05 Å². The summed E-state index contributed by atoms with van der Waals surface area (Å²) >= 11 is 0. The minimum absolute atomic E-state index is 0.162. The number of carboxylic acid groups (broad SMARTS) is 1. The molecular weight excluding hydrogens is 158 g/mol. The van der Waals surface area contributed by atoms with E-state index in [0.29, 0.717) is 0 Å². The van der Waals surface area contributed by atoms with Gasteiger partial charge in [0.15, 0.2) is 0 Å². The summed E-state index contributed by atoms with van der Waals surface area (Å²) in [6.07, 6.45) is 0. The van der Waals surface area contributed by atoms with Crippen molar-refractivity contribution in [3.63, 3.8) is 0 Å². The van der Waals surface area contributed by atoms with Crippen LogP contribution in [0.15, 0.2) is 0 Å². The molecular formula is C8H15NO3. The number of carboxylic acids is 1. The predicted octanol–water partition coefficient (Wildman–Crippen LogP) is 0.274. The summed E-state index contributed by atoms with van der Waals surface area (Å²) in [5, 5.41) is 11.5. The van der Waals surface area contributed by atoms with E-state index in [9.17, 15) is 9.59 Å². The molecule has 0 rings (SSSR count). The summed E-state index contributed by atoms with van der Waals surface area (Å²) in [5.74, 6) is -1.14. The molecule has 0 aliphatic carbocycles. The van der Waals surface area contributed by atoms with Gasteiger partial charge >= 0.3 is 5.97 Å². The molecule has 0 amide bonds. The molecule has 0 heterocycles. The second-order valence-corrected chi connectivity index (χ2v) is 3.36. The molecule has 1 unspecified atom stereocenters. The van der Waals surface area contributed by atoms with Crippen molar-refractivity contribution in [1.82, 2.24) is 5.32 Å². The van der Waals surface area contributed by atoms with Crippen LogP contribution in [0.1, 0.15) is 20.8 Å². The third-order valence-electron chi connectivity index (χ3n) is 1.97. The smallest absolute Gasteiger partial charge is 0.311 e. The van der Waals surface area contributed by atoms with E-state index in [4.69, 9.17) is 5.11 Å². The van der Waals surface area contributed by atoms with E-state index in [1.807, 2.05) is 0 Å². The second-order valence-electron chi connectivity index (χ2n) is 3.36. The van der Waals surface area contributed by atoms with E-state index in [0.717, 1.165) is 0 Å². The molecule has 1 atom stereocenters. The number of carbonyl (C=O) groups excluding carboxylic acids is 1. The van der Waals surface area contributed by atoms with Gasteiger partial charge in [0, 0.05) is 0 Å². The van der Waals surface area contributed by atoms with E-state index >= 15 is 0 Å². The molecule has 0 aromatic rings. The fourth-order valence-corrected chi connectivity index (χ4v) is 1.20. The molecule has 4 nitrogen and oxygen atoms in total. The number of Topliss-reactive ketones (excluding diaryl/α,β-unsaturated/α-hetero) is 1. The van der Waals surface area contributed by atoms with E-state index in [2.05, 4.69) is 5.32 Å². The quantitative estimate of drug-likeness (QED) is 0.640. The first-order valence-corrected chi connectivity index (χ1v) is 3.75. The summed E-state index contributed by atoms with van der Waals surface area (Å²) < 4.78 is 0. The maximum atomic E-state index is 11.0. The molecule has 0 bridgehead atoms. The molecule has 0 aliphatic rings. The normalized spacial score (nSPS) is 14.0. The Morgan fingerprint density at radius 2 is 1.83 bits per heavy atom. The molecule has 0 aromatic heterocycles. The van der Waals surface area contributed by atoms with Gasteiger partial charge in [-0.15, -0.1) is 0 Å². The highest BCUT2D eigenvalue weighted by Gasteiger charge is 2.38. The lowest BCUT2D eigenvalue weighted by molar-refractivity contribution is -0.150. The number of hydrogen-bond acceptors (Lipinski definition) is 3. The van der Waals surface area contributed by atoms with Crippen molar-refractivity contribution in [2.45, 2.75) is 26.8 Å². The molecule has 0 radical (unpaired) electrons. The van der Waals surface area contributed by atoms with Crippen LogP contribution in [-0.2, 0) is 9.59 Å². The minimum atomic E-state index is -1.05. The highest BCUT2D eigenvalue weighted by Crippen LogP contribution is 2.21. The van der Waals surface area contributed by atoms with Crippen LogP contribution in [0.2, 0.25) is 0 Å². The Hall–Kier alpha value is -0.900. The third-order valence-corrected chi connectivity index (χ3v) is 1.97. The standard InChI is InChI=1S/C8H15NO3/c1-5(10)6(9-4)8(2,3)7(11)12/h6,9H,1-4H3,(H,11,12). The number of likely N-dealkylation sites (N-methyl/N-ethyl adjacent to an activating group) is 1. The average molecular weight is 173 g/mol. The summed E-state index contributed by atoms with van der Waals surface area (Å²) in [6.45, 7) is 4.43. The lowest BCUT2D eigenvalue weighted by Crippen LogP contribution is -2.49. The van der Waals surface area contributed by atoms with Crippen molar-refractivity contribution < 1.29 is 14.7 Å². The van der Waals surface area contributed by atoms with Crippen LogP contribution >= 0.6 is 0 Å². The lowest BCUT2D eigenvalue weighted by Gasteiger charge is -2.27. The Morgan fingerprint density at radius 1 is 1.42 bits per heavy atom. The maximum absolute atomic E-state index is 11.0. The zero-order valence-electron chi connectivity index (χ0n) is 7.84. The number of rotatable bonds is 4. The Morgan fingerprint density at radius 3 is 1.92 bits per heavy atom. The van der Waals surface area contributed by atoms with Gasteiger partial charge in [-0.25, -0.2) is 0 Å². The zero-order valence-corrected chi connectivity index (χ0v) is 7.84. The largest absolute Gasteiger partial charge is 0.481 e. The van der Waals surface area contributed by atoms with Gasteiger partial charge in [-0.3, -0.25) is 9.59 Å². The van der Waals surface area contributed by atoms with Gasteiger partial charge in [0.2, 0.25) is 0 Å². The SMILES string of the molecule is CNC(C(C)=O)C(C)(C)C(=O)O. The minimum Gasteiger partial charge on any atom is -0.481 e. The molecule has 0 fully saturated rings. The van der Waals surface area contributed by atoms with Gasteiger partial charge in [-0.05, 0) is 27.8 Å². The fourth-order valence-electron chi connectivity index (χ4n) is 1.20. The third kappa shape index (κ3) is 2.04. The Kier molecular flexibility index (Phi) is 3.39. The lowest BCUT2D eigenvalue weighted by atomic mass is 9.82. The Bertz CT molecular complexity index is 198. The topological polar surface area (TPSA) is 66.4 Å². The fraction of sp³-hybridized carbons (Fsp3) is 0.750. The van der Waals surface area contributed by atoms with Crippen LogP contribution in [0.4, 0.5) is 0 Å². The van der Waals surface area contributed by atoms with E-state index < -0.39 is 17.4 Å². The van der Waals surface area contributed by atoms with Crippen molar-refractivity contribution >= 4 is 11.8 Å². The van der Waals surface area contributed by atoms with Gasteiger partial charge in [0.1, 0.15) is 5.78 Å². The average Bonchev–Trinajstić information content (AvgIpc) is 1.86. The van der Waals surface area contributed by atoms with Gasteiger partial charge in [-0.2, -0.15) is 0 Å². The number of carbonyl (C=O) groups is 2. The summed E-state index contributed by atoms with van der Waals surface area (Å²) in [6, 6.07) is -0.630. The van der Waals surface area contributed by atoms with Crippen LogP contribution < -0.4 is 5.32 Å². The Balaban J connectivity index is 4.71. The van der Waals surface area contributed by atoms with Gasteiger partial charge in [0.25, 0.3) is 0 Å². The van der Waals surface area contributed by atoms with E-state index in [-0.39, 0.29) is 5.78 Å². The first kappa shape index (κ1) is 11.1. The number of aliphatic carboxylic acids is 1. The maximum Gasteiger partial charge on any atom is 0.311 e. The van der Waals surface area contributed by atoms with Crippen LogP contribution in [-0.4, -0.2) is 29.9 Å². The van der Waals surface area contributed by atoms with Crippen LogP contribution in [0.25, 0.3) is 0 Å². The molecule has 0 aliphatic heterocycles. The molecule has 4 heteroatoms. The van der Waals surface area contributed by atoms with E-state index in [1.54, 1.807) is 7.05 Å². The molecule has 70 valence electrons.